The van der Waals surface area contributed by atoms with Gasteiger partial charge in [-0.3, -0.25) is 4.84 Å². The highest BCUT2D eigenvalue weighted by atomic mass is 16.7. The summed E-state index contributed by atoms with van der Waals surface area (Å²) in [5, 5.41) is 24.7. The Balaban J connectivity index is 1.50. The maximum atomic E-state index is 12.4. The van der Waals surface area contributed by atoms with Gasteiger partial charge in [0.25, 0.3) is 0 Å². The minimum Gasteiger partial charge on any atom is -0.393 e. The first-order valence-corrected chi connectivity index (χ1v) is 12.9. The lowest BCUT2D eigenvalue weighted by atomic mass is 9.43. The van der Waals surface area contributed by atoms with Gasteiger partial charge in [-0.2, -0.15) is 5.06 Å². The summed E-state index contributed by atoms with van der Waals surface area (Å²) in [6, 6.07) is 0.300. The predicted octanol–water partition coefficient (Wildman–Crippen LogP) is 3.93. The zero-order valence-corrected chi connectivity index (χ0v) is 20.9. The third kappa shape index (κ3) is 3.80. The van der Waals surface area contributed by atoms with Gasteiger partial charge in [0.15, 0.2) is 0 Å². The van der Waals surface area contributed by atoms with E-state index in [-0.39, 0.29) is 11.5 Å². The van der Waals surface area contributed by atoms with Crippen molar-refractivity contribution in [2.24, 2.45) is 34.5 Å². The van der Waals surface area contributed by atoms with Gasteiger partial charge in [0, 0.05) is 25.0 Å². The van der Waals surface area contributed by atoms with Crippen LogP contribution in [0.5, 0.6) is 0 Å². The van der Waals surface area contributed by atoms with Crippen LogP contribution in [0.15, 0.2) is 0 Å². The quantitative estimate of drug-likeness (QED) is 0.618. The van der Waals surface area contributed by atoms with Crippen LogP contribution >= 0.6 is 0 Å². The van der Waals surface area contributed by atoms with Gasteiger partial charge in [-0.25, -0.2) is 0 Å². The fourth-order valence-electron chi connectivity index (χ4n) is 8.76. The summed E-state index contributed by atoms with van der Waals surface area (Å²) in [6.07, 6.45) is 9.66. The molecule has 0 bridgehead atoms. The van der Waals surface area contributed by atoms with Gasteiger partial charge in [0.05, 0.1) is 18.3 Å². The molecule has 0 aromatic carbocycles. The molecular formula is C26H48N2O3. The molecule has 0 aromatic heterocycles. The van der Waals surface area contributed by atoms with Crippen LogP contribution in [0.1, 0.15) is 78.6 Å². The average Bonchev–Trinajstić information content (AvgIpc) is 2.99. The highest BCUT2D eigenvalue weighted by Gasteiger charge is 2.67. The van der Waals surface area contributed by atoms with Crippen LogP contribution in [0.4, 0.5) is 0 Å². The molecule has 0 spiro atoms. The molecular weight excluding hydrogens is 388 g/mol. The molecule has 4 aliphatic carbocycles. The highest BCUT2D eigenvalue weighted by Crippen LogP contribution is 2.69. The van der Waals surface area contributed by atoms with Crippen molar-refractivity contribution in [3.05, 3.63) is 0 Å². The number of likely N-dealkylation sites (N-methyl/N-ethyl adjacent to an activating group) is 1. The van der Waals surface area contributed by atoms with E-state index in [9.17, 15) is 10.2 Å². The van der Waals surface area contributed by atoms with Gasteiger partial charge in [-0.05, 0) is 108 Å². The first-order chi connectivity index (χ1) is 14.5. The van der Waals surface area contributed by atoms with Crippen molar-refractivity contribution in [1.29, 1.82) is 0 Å². The second-order valence-corrected chi connectivity index (χ2v) is 12.4. The van der Waals surface area contributed by atoms with Crippen LogP contribution in [0, 0.1) is 34.5 Å². The van der Waals surface area contributed by atoms with E-state index >= 15 is 0 Å². The number of nitrogens with zero attached hydrogens (tertiary/aromatic N) is 2. The molecule has 0 heterocycles. The monoisotopic (exact) mass is 436 g/mol. The van der Waals surface area contributed by atoms with Crippen molar-refractivity contribution in [3.63, 3.8) is 0 Å². The summed E-state index contributed by atoms with van der Waals surface area (Å²) in [7, 11) is 6.23. The molecule has 180 valence electrons. The summed E-state index contributed by atoms with van der Waals surface area (Å²) in [6.45, 7) is 8.81. The molecule has 5 heteroatoms. The van der Waals surface area contributed by atoms with Gasteiger partial charge in [0.2, 0.25) is 0 Å². The van der Waals surface area contributed by atoms with Crippen molar-refractivity contribution in [2.75, 3.05) is 34.3 Å². The van der Waals surface area contributed by atoms with Crippen molar-refractivity contribution < 1.29 is 15.1 Å². The number of rotatable bonds is 6. The van der Waals surface area contributed by atoms with E-state index in [1.807, 2.05) is 0 Å². The van der Waals surface area contributed by atoms with Crippen molar-refractivity contribution in [2.45, 2.75) is 96.3 Å². The van der Waals surface area contributed by atoms with Gasteiger partial charge in [-0.1, -0.05) is 13.8 Å². The summed E-state index contributed by atoms with van der Waals surface area (Å²) >= 11 is 0. The molecule has 4 fully saturated rings. The van der Waals surface area contributed by atoms with Crippen LogP contribution in [0.3, 0.4) is 0 Å². The SMILES string of the molecule is CC([C@H]1CC[C@]2(O)[C@@H]3CC[C@@H]4C[C@@H](O)CC[C@]4(C)[C@H]3CC[C@]12C)N(C)OCCN(C)C. The molecule has 4 saturated carbocycles. The molecule has 9 atom stereocenters. The maximum Gasteiger partial charge on any atom is 0.0811 e. The molecule has 0 aliphatic heterocycles. The predicted molar refractivity (Wildman–Crippen MR) is 124 cm³/mol. The molecule has 0 amide bonds. The first-order valence-electron chi connectivity index (χ1n) is 12.9. The average molecular weight is 437 g/mol. The van der Waals surface area contributed by atoms with Crippen molar-refractivity contribution >= 4 is 0 Å². The smallest absolute Gasteiger partial charge is 0.0811 e. The van der Waals surface area contributed by atoms with E-state index in [0.717, 1.165) is 51.5 Å². The molecule has 4 aliphatic rings. The Labute approximate surface area is 190 Å². The van der Waals surface area contributed by atoms with Gasteiger partial charge in [0.1, 0.15) is 0 Å². The summed E-state index contributed by atoms with van der Waals surface area (Å²) < 4.78 is 0. The molecule has 0 aromatic rings. The zero-order valence-electron chi connectivity index (χ0n) is 20.9. The number of aliphatic hydroxyl groups excluding tert-OH is 1. The van der Waals surface area contributed by atoms with E-state index < -0.39 is 5.60 Å². The van der Waals surface area contributed by atoms with Crippen LogP contribution in [0.2, 0.25) is 0 Å². The number of hydrogen-bond acceptors (Lipinski definition) is 5. The minimum absolute atomic E-state index is 0.0376. The third-order valence-corrected chi connectivity index (χ3v) is 10.9. The van der Waals surface area contributed by atoms with E-state index in [4.69, 9.17) is 4.84 Å². The molecule has 2 N–H and O–H groups in total. The van der Waals surface area contributed by atoms with Gasteiger partial charge in [-0.15, -0.1) is 0 Å². The summed E-state index contributed by atoms with van der Waals surface area (Å²) in [5.74, 6) is 2.12. The van der Waals surface area contributed by atoms with Crippen LogP contribution in [-0.4, -0.2) is 72.2 Å². The molecule has 0 saturated heterocycles. The maximum absolute atomic E-state index is 12.4. The molecule has 31 heavy (non-hydrogen) atoms. The van der Waals surface area contributed by atoms with Gasteiger partial charge >= 0.3 is 0 Å². The number of hydroxylamine groups is 2. The lowest BCUT2D eigenvalue weighted by Crippen LogP contribution is -2.63. The Kier molecular flexibility index (Phi) is 6.60. The fourth-order valence-corrected chi connectivity index (χ4v) is 8.76. The zero-order chi connectivity index (χ0) is 22.6. The summed E-state index contributed by atoms with van der Waals surface area (Å²) in [4.78, 5) is 8.22. The van der Waals surface area contributed by atoms with Crippen LogP contribution < -0.4 is 0 Å². The Hall–Kier alpha value is -0.200. The Morgan fingerprint density at radius 2 is 1.71 bits per heavy atom. The Bertz CT molecular complexity index is 644. The number of fused-ring (bicyclic) bond motifs is 5. The minimum atomic E-state index is -0.552. The lowest BCUT2D eigenvalue weighted by molar-refractivity contribution is -0.228. The largest absolute Gasteiger partial charge is 0.393 e. The Morgan fingerprint density at radius 3 is 2.42 bits per heavy atom. The first kappa shape index (κ1) is 23.9. The lowest BCUT2D eigenvalue weighted by Gasteiger charge is -2.64. The second kappa shape index (κ2) is 8.54. The van der Waals surface area contributed by atoms with E-state index in [1.165, 1.54) is 12.8 Å². The number of aliphatic hydroxyl groups is 2. The van der Waals surface area contributed by atoms with Gasteiger partial charge < -0.3 is 15.1 Å². The van der Waals surface area contributed by atoms with E-state index in [2.05, 4.69) is 51.9 Å². The normalized spacial score (nSPS) is 48.4. The van der Waals surface area contributed by atoms with E-state index in [0.29, 0.717) is 41.7 Å². The van der Waals surface area contributed by atoms with E-state index in [1.54, 1.807) is 0 Å². The molecule has 4 rings (SSSR count). The number of hydrogen-bond donors (Lipinski definition) is 2. The molecule has 1 unspecified atom stereocenters. The summed E-state index contributed by atoms with van der Waals surface area (Å²) in [5.41, 5.74) is -0.289. The topological polar surface area (TPSA) is 56.2 Å². The Morgan fingerprint density at radius 1 is 0.968 bits per heavy atom. The third-order valence-electron chi connectivity index (χ3n) is 10.9. The second-order valence-electron chi connectivity index (χ2n) is 12.4. The van der Waals surface area contributed by atoms with Crippen molar-refractivity contribution in [1.82, 2.24) is 9.96 Å². The fraction of sp³-hybridized carbons (Fsp3) is 1.00. The van der Waals surface area contributed by atoms with Crippen LogP contribution in [0.25, 0.3) is 0 Å². The van der Waals surface area contributed by atoms with Crippen molar-refractivity contribution in [3.8, 4) is 0 Å². The van der Waals surface area contributed by atoms with Crippen LogP contribution in [-0.2, 0) is 4.84 Å². The standard InChI is InChI=1S/C26H48N2O3/c1-18(28(6)31-16-15-27(4)5)21-11-14-26(30)23-8-7-19-17-20(29)9-12-24(19,2)22(23)10-13-25(21,26)3/h18-23,29-30H,7-17H2,1-6H3/t18?,19-,20+,21-,22+,23-,24+,25-,26+/m1/s1. The molecule has 0 radical (unpaired) electrons. The molecule has 5 nitrogen and oxygen atoms in total. The highest BCUT2D eigenvalue weighted by molar-refractivity contribution is 5.17.